The molecule has 1 aromatic rings. The summed E-state index contributed by atoms with van der Waals surface area (Å²) in [6.07, 6.45) is 2.63. The Hall–Kier alpha value is -1.02. The van der Waals surface area contributed by atoms with Gasteiger partial charge in [-0.25, -0.2) is 0 Å². The number of hydrogen-bond acceptors (Lipinski definition) is 2. The standard InChI is InChI=1S/C13H19NO/c1-10-4-3-5-13(11(10)2)15-12-6-8-14-9-7-12/h3-5,12,14H,6-9H2,1-2H3. The highest BCUT2D eigenvalue weighted by Gasteiger charge is 2.15. The molecule has 15 heavy (non-hydrogen) atoms. The molecule has 82 valence electrons. The molecule has 2 heteroatoms. The molecule has 1 aliphatic rings. The Kier molecular flexibility index (Phi) is 3.27. The lowest BCUT2D eigenvalue weighted by molar-refractivity contribution is 0.161. The van der Waals surface area contributed by atoms with Gasteiger partial charge in [0, 0.05) is 0 Å². The van der Waals surface area contributed by atoms with E-state index in [2.05, 4.69) is 37.4 Å². The van der Waals surface area contributed by atoms with Gasteiger partial charge in [0.25, 0.3) is 0 Å². The second-order valence-electron chi connectivity index (χ2n) is 4.27. The van der Waals surface area contributed by atoms with E-state index in [1.165, 1.54) is 11.1 Å². The van der Waals surface area contributed by atoms with Gasteiger partial charge in [-0.2, -0.15) is 0 Å². The van der Waals surface area contributed by atoms with Crippen molar-refractivity contribution in [1.82, 2.24) is 5.32 Å². The van der Waals surface area contributed by atoms with Crippen LogP contribution in [0, 0.1) is 13.8 Å². The molecule has 2 nitrogen and oxygen atoms in total. The zero-order valence-corrected chi connectivity index (χ0v) is 9.55. The van der Waals surface area contributed by atoms with Crippen LogP contribution in [0.3, 0.4) is 0 Å². The zero-order valence-electron chi connectivity index (χ0n) is 9.55. The maximum absolute atomic E-state index is 6.03. The van der Waals surface area contributed by atoms with Crippen LogP contribution in [-0.4, -0.2) is 19.2 Å². The van der Waals surface area contributed by atoms with E-state index in [1.54, 1.807) is 0 Å². The van der Waals surface area contributed by atoms with Crippen LogP contribution in [0.5, 0.6) is 5.75 Å². The molecule has 2 rings (SSSR count). The number of aryl methyl sites for hydroxylation is 1. The van der Waals surface area contributed by atoms with Crippen molar-refractivity contribution in [2.75, 3.05) is 13.1 Å². The summed E-state index contributed by atoms with van der Waals surface area (Å²) in [6.45, 7) is 6.42. The minimum absolute atomic E-state index is 0.395. The predicted octanol–water partition coefficient (Wildman–Crippen LogP) is 2.43. The van der Waals surface area contributed by atoms with Crippen molar-refractivity contribution in [2.24, 2.45) is 0 Å². The summed E-state index contributed by atoms with van der Waals surface area (Å²) >= 11 is 0. The average molecular weight is 205 g/mol. The molecule has 1 aliphatic heterocycles. The van der Waals surface area contributed by atoms with Gasteiger partial charge in [0.05, 0.1) is 0 Å². The van der Waals surface area contributed by atoms with Crippen LogP contribution < -0.4 is 10.1 Å². The Labute approximate surface area is 91.6 Å². The maximum atomic E-state index is 6.03. The van der Waals surface area contributed by atoms with Gasteiger partial charge in [-0.15, -0.1) is 0 Å². The number of benzene rings is 1. The third-order valence-corrected chi connectivity index (χ3v) is 3.13. The van der Waals surface area contributed by atoms with Crippen molar-refractivity contribution in [3.8, 4) is 5.75 Å². The summed E-state index contributed by atoms with van der Waals surface area (Å²) in [4.78, 5) is 0. The number of piperidine rings is 1. The quantitative estimate of drug-likeness (QED) is 0.800. The van der Waals surface area contributed by atoms with Crippen molar-refractivity contribution in [2.45, 2.75) is 32.8 Å². The predicted molar refractivity (Wildman–Crippen MR) is 62.4 cm³/mol. The van der Waals surface area contributed by atoms with Gasteiger partial charge in [0.2, 0.25) is 0 Å². The highest BCUT2D eigenvalue weighted by atomic mass is 16.5. The van der Waals surface area contributed by atoms with Crippen LogP contribution in [-0.2, 0) is 0 Å². The second kappa shape index (κ2) is 4.67. The van der Waals surface area contributed by atoms with Crippen LogP contribution in [0.2, 0.25) is 0 Å². The maximum Gasteiger partial charge on any atom is 0.122 e. The molecule has 0 saturated carbocycles. The van der Waals surface area contributed by atoms with E-state index in [9.17, 15) is 0 Å². The van der Waals surface area contributed by atoms with Gasteiger partial charge in [-0.1, -0.05) is 12.1 Å². The van der Waals surface area contributed by atoms with E-state index in [0.29, 0.717) is 6.10 Å². The third-order valence-electron chi connectivity index (χ3n) is 3.13. The summed E-state index contributed by atoms with van der Waals surface area (Å²) in [5, 5.41) is 3.35. The minimum Gasteiger partial charge on any atom is -0.490 e. The van der Waals surface area contributed by atoms with E-state index in [0.717, 1.165) is 31.7 Å². The SMILES string of the molecule is Cc1cccc(OC2CCNCC2)c1C. The first kappa shape index (κ1) is 10.5. The number of nitrogens with one attached hydrogen (secondary N) is 1. The van der Waals surface area contributed by atoms with Crippen molar-refractivity contribution >= 4 is 0 Å². The first-order valence-electron chi connectivity index (χ1n) is 5.71. The van der Waals surface area contributed by atoms with Gasteiger partial charge in [-0.3, -0.25) is 0 Å². The number of ether oxygens (including phenoxy) is 1. The Balaban J connectivity index is 2.06. The summed E-state index contributed by atoms with van der Waals surface area (Å²) in [6, 6.07) is 6.27. The Morgan fingerprint density at radius 2 is 1.93 bits per heavy atom. The van der Waals surface area contributed by atoms with E-state index in [4.69, 9.17) is 4.74 Å². The van der Waals surface area contributed by atoms with E-state index >= 15 is 0 Å². The molecule has 0 spiro atoms. The minimum atomic E-state index is 0.395. The van der Waals surface area contributed by atoms with Crippen molar-refractivity contribution in [3.05, 3.63) is 29.3 Å². The van der Waals surface area contributed by atoms with E-state index < -0.39 is 0 Å². The van der Waals surface area contributed by atoms with Crippen LogP contribution in [0.4, 0.5) is 0 Å². The smallest absolute Gasteiger partial charge is 0.122 e. The molecule has 1 fully saturated rings. The lowest BCUT2D eigenvalue weighted by Crippen LogP contribution is -2.34. The average Bonchev–Trinajstić information content (AvgIpc) is 2.26. The normalized spacial score (nSPS) is 17.7. The molecule has 0 atom stereocenters. The molecule has 0 aromatic heterocycles. The number of rotatable bonds is 2. The fourth-order valence-electron chi connectivity index (χ4n) is 1.94. The molecule has 0 aliphatic carbocycles. The van der Waals surface area contributed by atoms with Gasteiger partial charge < -0.3 is 10.1 Å². The van der Waals surface area contributed by atoms with Crippen molar-refractivity contribution in [3.63, 3.8) is 0 Å². The molecule has 1 aromatic carbocycles. The largest absolute Gasteiger partial charge is 0.490 e. The topological polar surface area (TPSA) is 21.3 Å². The molecule has 0 bridgehead atoms. The van der Waals surface area contributed by atoms with Crippen LogP contribution in [0.1, 0.15) is 24.0 Å². The summed E-state index contributed by atoms with van der Waals surface area (Å²) in [5.74, 6) is 1.06. The molecular formula is C13H19NO. The third kappa shape index (κ3) is 2.51. The second-order valence-corrected chi connectivity index (χ2v) is 4.27. The van der Waals surface area contributed by atoms with Gasteiger partial charge in [0.1, 0.15) is 11.9 Å². The van der Waals surface area contributed by atoms with Gasteiger partial charge >= 0.3 is 0 Å². The van der Waals surface area contributed by atoms with Crippen LogP contribution in [0.25, 0.3) is 0 Å². The highest BCUT2D eigenvalue weighted by Crippen LogP contribution is 2.23. The summed E-state index contributed by atoms with van der Waals surface area (Å²) in [5.41, 5.74) is 2.58. The van der Waals surface area contributed by atoms with Crippen molar-refractivity contribution in [1.29, 1.82) is 0 Å². The molecule has 1 heterocycles. The fourth-order valence-corrected chi connectivity index (χ4v) is 1.94. The Morgan fingerprint density at radius 3 is 2.67 bits per heavy atom. The molecule has 0 unspecified atom stereocenters. The molecule has 1 N–H and O–H groups in total. The van der Waals surface area contributed by atoms with Gasteiger partial charge in [-0.05, 0) is 57.0 Å². The monoisotopic (exact) mass is 205 g/mol. The molecule has 0 radical (unpaired) electrons. The summed E-state index contributed by atoms with van der Waals surface area (Å²) in [7, 11) is 0. The lowest BCUT2D eigenvalue weighted by atomic mass is 10.1. The lowest BCUT2D eigenvalue weighted by Gasteiger charge is -2.25. The number of hydrogen-bond donors (Lipinski definition) is 1. The first-order chi connectivity index (χ1) is 7.27. The molecule has 0 amide bonds. The zero-order chi connectivity index (χ0) is 10.7. The highest BCUT2D eigenvalue weighted by molar-refractivity contribution is 5.38. The van der Waals surface area contributed by atoms with Crippen LogP contribution >= 0.6 is 0 Å². The van der Waals surface area contributed by atoms with E-state index in [1.807, 2.05) is 0 Å². The first-order valence-corrected chi connectivity index (χ1v) is 5.71. The van der Waals surface area contributed by atoms with Crippen LogP contribution in [0.15, 0.2) is 18.2 Å². The Bertz CT molecular complexity index is 329. The molecular weight excluding hydrogens is 186 g/mol. The molecule has 1 saturated heterocycles. The summed E-state index contributed by atoms with van der Waals surface area (Å²) < 4.78 is 6.03. The van der Waals surface area contributed by atoms with E-state index in [-0.39, 0.29) is 0 Å². The van der Waals surface area contributed by atoms with Gasteiger partial charge in [0.15, 0.2) is 0 Å². The van der Waals surface area contributed by atoms with Crippen molar-refractivity contribution < 1.29 is 4.74 Å². The fraction of sp³-hybridized carbons (Fsp3) is 0.538. The Morgan fingerprint density at radius 1 is 1.20 bits per heavy atom.